The zero-order valence-electron chi connectivity index (χ0n) is 15.4. The molecule has 5 heteroatoms. The van der Waals surface area contributed by atoms with Gasteiger partial charge in [0.05, 0.1) is 11.6 Å². The number of carbonyl (C=O) groups is 3. The predicted molar refractivity (Wildman–Crippen MR) is 100 cm³/mol. The monoisotopic (exact) mass is 361 g/mol. The van der Waals surface area contributed by atoms with E-state index in [1.807, 2.05) is 19.9 Å². The Kier molecular flexibility index (Phi) is 3.77. The molecule has 1 saturated heterocycles. The summed E-state index contributed by atoms with van der Waals surface area (Å²) in [4.78, 5) is 40.5. The Morgan fingerprint density at radius 1 is 0.963 bits per heavy atom. The van der Waals surface area contributed by atoms with Crippen LogP contribution in [0.15, 0.2) is 65.7 Å². The van der Waals surface area contributed by atoms with Crippen LogP contribution in [0.1, 0.15) is 36.7 Å². The van der Waals surface area contributed by atoms with Gasteiger partial charge in [-0.3, -0.25) is 14.4 Å². The predicted octanol–water partition coefficient (Wildman–Crippen LogP) is 3.60. The highest BCUT2D eigenvalue weighted by molar-refractivity contribution is 6.28. The molecule has 2 aliphatic heterocycles. The molecule has 0 unspecified atom stereocenters. The second kappa shape index (κ2) is 5.91. The van der Waals surface area contributed by atoms with Gasteiger partial charge in [0.2, 0.25) is 5.60 Å². The van der Waals surface area contributed by atoms with Crippen LogP contribution in [0.4, 0.5) is 5.69 Å². The number of ether oxygens (including phenoxy) is 1. The van der Waals surface area contributed by atoms with Gasteiger partial charge in [0, 0.05) is 16.7 Å². The van der Waals surface area contributed by atoms with Crippen molar-refractivity contribution in [2.45, 2.75) is 26.4 Å². The average Bonchev–Trinajstić information content (AvgIpc) is 2.93. The van der Waals surface area contributed by atoms with E-state index in [4.69, 9.17) is 4.74 Å². The van der Waals surface area contributed by atoms with Crippen LogP contribution in [0.2, 0.25) is 0 Å². The van der Waals surface area contributed by atoms with Crippen molar-refractivity contribution in [1.29, 1.82) is 0 Å². The van der Waals surface area contributed by atoms with Crippen molar-refractivity contribution < 1.29 is 19.1 Å². The van der Waals surface area contributed by atoms with Crippen LogP contribution < -0.4 is 4.90 Å². The molecule has 2 heterocycles. The molecule has 0 saturated carbocycles. The van der Waals surface area contributed by atoms with E-state index in [1.54, 1.807) is 55.5 Å². The van der Waals surface area contributed by atoms with Gasteiger partial charge in [0.15, 0.2) is 0 Å². The smallest absolute Gasteiger partial charge is 0.314 e. The first kappa shape index (κ1) is 17.2. The summed E-state index contributed by atoms with van der Waals surface area (Å²) in [6.45, 7) is 5.45. The minimum absolute atomic E-state index is 0.363. The number of carbonyl (C=O) groups excluding carboxylic acids is 3. The van der Waals surface area contributed by atoms with E-state index >= 15 is 0 Å². The number of para-hydroxylation sites is 1. The second-order valence-corrected chi connectivity index (χ2v) is 7.06. The highest BCUT2D eigenvalue weighted by Gasteiger charge is 2.62. The number of hydrogen-bond donors (Lipinski definition) is 0. The zero-order chi connectivity index (χ0) is 19.3. The van der Waals surface area contributed by atoms with Crippen molar-refractivity contribution in [3.05, 3.63) is 76.9 Å². The SMILES string of the molecule is CC(C)=C1[C@H](C)C(=O)O[C@]12C(=O)N(c1ccccc1)C(=O)c1ccccc12. The van der Waals surface area contributed by atoms with E-state index in [-0.39, 0.29) is 0 Å². The maximum Gasteiger partial charge on any atom is 0.314 e. The van der Waals surface area contributed by atoms with E-state index < -0.39 is 29.3 Å². The Morgan fingerprint density at radius 2 is 1.59 bits per heavy atom. The van der Waals surface area contributed by atoms with Crippen LogP contribution in [-0.2, 0) is 19.9 Å². The Labute approximate surface area is 157 Å². The quantitative estimate of drug-likeness (QED) is 0.442. The summed E-state index contributed by atoms with van der Waals surface area (Å²) in [5, 5.41) is 0. The van der Waals surface area contributed by atoms with Gasteiger partial charge in [-0.25, -0.2) is 4.90 Å². The molecule has 136 valence electrons. The van der Waals surface area contributed by atoms with Crippen molar-refractivity contribution in [3.8, 4) is 0 Å². The lowest BCUT2D eigenvalue weighted by Gasteiger charge is -2.39. The van der Waals surface area contributed by atoms with E-state index in [9.17, 15) is 14.4 Å². The summed E-state index contributed by atoms with van der Waals surface area (Å²) in [7, 11) is 0. The number of esters is 1. The van der Waals surface area contributed by atoms with Gasteiger partial charge in [-0.2, -0.15) is 0 Å². The van der Waals surface area contributed by atoms with Crippen molar-refractivity contribution >= 4 is 23.5 Å². The molecule has 1 spiro atoms. The van der Waals surface area contributed by atoms with Crippen LogP contribution in [0.25, 0.3) is 0 Å². The Morgan fingerprint density at radius 3 is 2.26 bits per heavy atom. The molecule has 1 fully saturated rings. The van der Waals surface area contributed by atoms with Gasteiger partial charge in [0.1, 0.15) is 0 Å². The van der Waals surface area contributed by atoms with Gasteiger partial charge < -0.3 is 4.74 Å². The van der Waals surface area contributed by atoms with Gasteiger partial charge in [-0.1, -0.05) is 42.0 Å². The average molecular weight is 361 g/mol. The maximum absolute atomic E-state index is 13.7. The molecule has 0 N–H and O–H groups in total. The standard InChI is InChI=1S/C22H19NO4/c1-13(2)18-14(3)20(25)27-22(18)17-12-8-7-11-16(17)19(24)23(21(22)26)15-9-5-4-6-10-15/h4-12,14H,1-3H3/t14-,22-/m0/s1. The summed E-state index contributed by atoms with van der Waals surface area (Å²) < 4.78 is 5.77. The molecular weight excluding hydrogens is 342 g/mol. The maximum atomic E-state index is 13.7. The van der Waals surface area contributed by atoms with Crippen LogP contribution in [0.3, 0.4) is 0 Å². The minimum Gasteiger partial charge on any atom is -0.439 e. The molecule has 27 heavy (non-hydrogen) atoms. The minimum atomic E-state index is -1.60. The normalized spacial score (nSPS) is 24.3. The number of fused-ring (bicyclic) bond motifs is 2. The second-order valence-electron chi connectivity index (χ2n) is 7.06. The highest BCUT2D eigenvalue weighted by atomic mass is 16.6. The van der Waals surface area contributed by atoms with E-state index in [1.165, 1.54) is 0 Å². The summed E-state index contributed by atoms with van der Waals surface area (Å²) >= 11 is 0. The summed E-state index contributed by atoms with van der Waals surface area (Å²) in [6.07, 6.45) is 0. The van der Waals surface area contributed by atoms with Crippen molar-refractivity contribution in [3.63, 3.8) is 0 Å². The number of imide groups is 1. The van der Waals surface area contributed by atoms with E-state index in [2.05, 4.69) is 0 Å². The van der Waals surface area contributed by atoms with Gasteiger partial charge in [0.25, 0.3) is 11.8 Å². The van der Waals surface area contributed by atoms with E-state index in [0.717, 1.165) is 10.5 Å². The Hall–Kier alpha value is -3.21. The number of nitrogens with zero attached hydrogens (tertiary/aromatic N) is 1. The van der Waals surface area contributed by atoms with Crippen molar-refractivity contribution in [2.24, 2.45) is 5.92 Å². The fourth-order valence-corrected chi connectivity index (χ4v) is 4.13. The van der Waals surface area contributed by atoms with Crippen molar-refractivity contribution in [2.75, 3.05) is 4.90 Å². The lowest BCUT2D eigenvalue weighted by atomic mass is 9.75. The molecule has 0 aliphatic carbocycles. The van der Waals surface area contributed by atoms with Crippen LogP contribution in [0.5, 0.6) is 0 Å². The van der Waals surface area contributed by atoms with Gasteiger partial charge in [-0.15, -0.1) is 0 Å². The number of rotatable bonds is 1. The molecule has 5 nitrogen and oxygen atoms in total. The highest BCUT2D eigenvalue weighted by Crippen LogP contribution is 2.51. The fourth-order valence-electron chi connectivity index (χ4n) is 4.13. The number of allylic oxidation sites excluding steroid dienone is 1. The number of anilines is 1. The molecule has 0 aromatic heterocycles. The number of benzene rings is 2. The van der Waals surface area contributed by atoms with E-state index in [0.29, 0.717) is 22.4 Å². The summed E-state index contributed by atoms with van der Waals surface area (Å²) in [6, 6.07) is 15.6. The third kappa shape index (κ3) is 2.21. The zero-order valence-corrected chi connectivity index (χ0v) is 15.4. The first-order valence-electron chi connectivity index (χ1n) is 8.83. The fraction of sp³-hybridized carbons (Fsp3) is 0.227. The molecule has 2 aromatic rings. The largest absolute Gasteiger partial charge is 0.439 e. The lowest BCUT2D eigenvalue weighted by molar-refractivity contribution is -0.158. The topological polar surface area (TPSA) is 63.7 Å². The third-order valence-electron chi connectivity index (χ3n) is 5.22. The molecule has 4 rings (SSSR count). The lowest BCUT2D eigenvalue weighted by Crippen LogP contribution is -2.55. The Bertz CT molecular complexity index is 1000. The molecule has 0 bridgehead atoms. The first-order chi connectivity index (χ1) is 12.9. The molecule has 2 aromatic carbocycles. The molecule has 2 amide bonds. The van der Waals surface area contributed by atoms with Crippen LogP contribution in [-0.4, -0.2) is 17.8 Å². The molecule has 2 atom stereocenters. The van der Waals surface area contributed by atoms with Crippen LogP contribution >= 0.6 is 0 Å². The van der Waals surface area contributed by atoms with Gasteiger partial charge in [-0.05, 0) is 39.0 Å². The first-order valence-corrected chi connectivity index (χ1v) is 8.83. The molecule has 0 radical (unpaired) electrons. The molecule has 2 aliphatic rings. The number of amides is 2. The van der Waals surface area contributed by atoms with Gasteiger partial charge >= 0.3 is 5.97 Å². The number of hydrogen-bond acceptors (Lipinski definition) is 4. The Balaban J connectivity index is 2.06. The summed E-state index contributed by atoms with van der Waals surface area (Å²) in [5.74, 6) is -1.99. The van der Waals surface area contributed by atoms with Crippen LogP contribution in [0, 0.1) is 5.92 Å². The third-order valence-corrected chi connectivity index (χ3v) is 5.22. The molecular formula is C22H19NO4. The summed E-state index contributed by atoms with van der Waals surface area (Å²) in [5.41, 5.74) is 1.08. The van der Waals surface area contributed by atoms with Crippen molar-refractivity contribution in [1.82, 2.24) is 0 Å².